The van der Waals surface area contributed by atoms with Crippen LogP contribution in [0.25, 0.3) is 0 Å². The average Bonchev–Trinajstić information content (AvgIpc) is 2.82. The fourth-order valence-corrected chi connectivity index (χ4v) is 1.80. The lowest BCUT2D eigenvalue weighted by atomic mass is 10.2. The number of aromatic nitrogens is 1. The number of carbonyl (C=O) groups is 1. The van der Waals surface area contributed by atoms with Crippen molar-refractivity contribution in [3.05, 3.63) is 46.2 Å². The van der Waals surface area contributed by atoms with Crippen LogP contribution in [-0.2, 0) is 6.54 Å². The van der Waals surface area contributed by atoms with E-state index in [-0.39, 0.29) is 17.2 Å². The molecule has 0 saturated heterocycles. The molecular weight excluding hydrogens is 241 g/mol. The lowest BCUT2D eigenvalue weighted by Gasteiger charge is -2.04. The van der Waals surface area contributed by atoms with Crippen LogP contribution in [0.15, 0.2) is 29.9 Å². The topological polar surface area (TPSA) is 68.0 Å². The van der Waals surface area contributed by atoms with Crippen LogP contribution in [0.5, 0.6) is 0 Å². The Morgan fingerprint density at radius 2 is 2.35 bits per heavy atom. The molecule has 0 saturated carbocycles. The Balaban J connectivity index is 2.02. The summed E-state index contributed by atoms with van der Waals surface area (Å²) in [5.41, 5.74) is 7.29. The fraction of sp³-hybridized carbons (Fsp3) is 0.0909. The number of nitrogens with two attached hydrogens (primary N) is 1. The highest BCUT2D eigenvalue weighted by atomic mass is 32.1. The van der Waals surface area contributed by atoms with Crippen molar-refractivity contribution in [1.29, 1.82) is 0 Å². The van der Waals surface area contributed by atoms with Gasteiger partial charge in [-0.05, 0) is 18.2 Å². The number of halogens is 1. The SMILES string of the molecule is Nc1ccc(C(=O)NCc2cncs2)cc1F. The van der Waals surface area contributed by atoms with Crippen molar-refractivity contribution >= 4 is 22.9 Å². The van der Waals surface area contributed by atoms with Crippen LogP contribution in [0.2, 0.25) is 0 Å². The molecule has 1 amide bonds. The summed E-state index contributed by atoms with van der Waals surface area (Å²) in [6, 6.07) is 3.98. The number of anilines is 1. The monoisotopic (exact) mass is 251 g/mol. The molecule has 4 nitrogen and oxygen atoms in total. The van der Waals surface area contributed by atoms with Crippen molar-refractivity contribution in [2.24, 2.45) is 0 Å². The molecule has 0 aliphatic heterocycles. The molecule has 1 heterocycles. The van der Waals surface area contributed by atoms with E-state index < -0.39 is 5.82 Å². The molecule has 17 heavy (non-hydrogen) atoms. The molecule has 88 valence electrons. The molecule has 3 N–H and O–H groups in total. The lowest BCUT2D eigenvalue weighted by Crippen LogP contribution is -2.22. The molecule has 2 aromatic rings. The second kappa shape index (κ2) is 4.92. The number of thiazole rings is 1. The van der Waals surface area contributed by atoms with E-state index in [1.165, 1.54) is 23.5 Å². The standard InChI is InChI=1S/C11H10FN3OS/c12-9-3-7(1-2-10(9)13)11(16)15-5-8-4-14-6-17-8/h1-4,6H,5,13H2,(H,15,16). The minimum absolute atomic E-state index is 0.0315. The molecule has 2 rings (SSSR count). The van der Waals surface area contributed by atoms with Gasteiger partial charge < -0.3 is 11.1 Å². The largest absolute Gasteiger partial charge is 0.396 e. The Kier molecular flexibility index (Phi) is 3.34. The smallest absolute Gasteiger partial charge is 0.251 e. The lowest BCUT2D eigenvalue weighted by molar-refractivity contribution is 0.0951. The number of benzene rings is 1. The third-order valence-electron chi connectivity index (χ3n) is 2.17. The maximum absolute atomic E-state index is 13.1. The summed E-state index contributed by atoms with van der Waals surface area (Å²) >= 11 is 1.45. The third-order valence-corrected chi connectivity index (χ3v) is 2.95. The maximum Gasteiger partial charge on any atom is 0.251 e. The molecule has 0 radical (unpaired) electrons. The van der Waals surface area contributed by atoms with Gasteiger partial charge in [0.15, 0.2) is 0 Å². The summed E-state index contributed by atoms with van der Waals surface area (Å²) in [6.07, 6.45) is 1.68. The number of rotatable bonds is 3. The first-order chi connectivity index (χ1) is 8.16. The van der Waals surface area contributed by atoms with E-state index in [9.17, 15) is 9.18 Å². The molecule has 0 fully saturated rings. The van der Waals surface area contributed by atoms with Crippen LogP contribution < -0.4 is 11.1 Å². The summed E-state index contributed by atoms with van der Waals surface area (Å²) in [5, 5.41) is 2.67. The van der Waals surface area contributed by atoms with Crippen LogP contribution in [-0.4, -0.2) is 10.9 Å². The predicted octanol–water partition coefficient (Wildman–Crippen LogP) is 1.79. The molecular formula is C11H10FN3OS. The number of hydrogen-bond donors (Lipinski definition) is 2. The molecule has 1 aromatic heterocycles. The van der Waals surface area contributed by atoms with Gasteiger partial charge in [0, 0.05) is 16.6 Å². The molecule has 0 spiro atoms. The molecule has 0 unspecified atom stereocenters. The van der Waals surface area contributed by atoms with E-state index in [0.717, 1.165) is 10.9 Å². The number of nitrogens with one attached hydrogen (secondary N) is 1. The van der Waals surface area contributed by atoms with Gasteiger partial charge in [0.2, 0.25) is 0 Å². The first-order valence-electron chi connectivity index (χ1n) is 4.87. The predicted molar refractivity (Wildman–Crippen MR) is 64.1 cm³/mol. The second-order valence-corrected chi connectivity index (χ2v) is 4.36. The van der Waals surface area contributed by atoms with Crippen molar-refractivity contribution in [3.63, 3.8) is 0 Å². The minimum Gasteiger partial charge on any atom is -0.396 e. The maximum atomic E-state index is 13.1. The molecule has 0 aliphatic rings. The Bertz CT molecular complexity index is 528. The van der Waals surface area contributed by atoms with Crippen molar-refractivity contribution in [3.8, 4) is 0 Å². The Hall–Kier alpha value is -1.95. The van der Waals surface area contributed by atoms with E-state index in [1.807, 2.05) is 0 Å². The quantitative estimate of drug-likeness (QED) is 0.817. The van der Waals surface area contributed by atoms with Gasteiger partial charge in [0.25, 0.3) is 5.91 Å². The van der Waals surface area contributed by atoms with Gasteiger partial charge in [-0.15, -0.1) is 11.3 Å². The summed E-state index contributed by atoms with van der Waals surface area (Å²) in [7, 11) is 0. The van der Waals surface area contributed by atoms with Crippen LogP contribution in [0.3, 0.4) is 0 Å². The summed E-state index contributed by atoms with van der Waals surface area (Å²) in [6.45, 7) is 0.384. The van der Waals surface area contributed by atoms with E-state index in [1.54, 1.807) is 11.7 Å². The number of amides is 1. The Labute approximate surface area is 101 Å². The van der Waals surface area contributed by atoms with Crippen LogP contribution in [0, 0.1) is 5.82 Å². The van der Waals surface area contributed by atoms with Crippen LogP contribution in [0.4, 0.5) is 10.1 Å². The highest BCUT2D eigenvalue weighted by Crippen LogP contribution is 2.12. The van der Waals surface area contributed by atoms with Crippen LogP contribution in [0.1, 0.15) is 15.2 Å². The summed E-state index contributed by atoms with van der Waals surface area (Å²) < 4.78 is 13.1. The number of hydrogen-bond acceptors (Lipinski definition) is 4. The highest BCUT2D eigenvalue weighted by molar-refractivity contribution is 7.09. The van der Waals surface area contributed by atoms with Gasteiger partial charge in [0.1, 0.15) is 5.82 Å². The molecule has 6 heteroatoms. The zero-order valence-electron chi connectivity index (χ0n) is 8.81. The molecule has 0 bridgehead atoms. The first kappa shape index (κ1) is 11.5. The van der Waals surface area contributed by atoms with Gasteiger partial charge in [0.05, 0.1) is 17.7 Å². The van der Waals surface area contributed by atoms with Gasteiger partial charge in [-0.2, -0.15) is 0 Å². The first-order valence-corrected chi connectivity index (χ1v) is 5.75. The van der Waals surface area contributed by atoms with Crippen molar-refractivity contribution in [2.75, 3.05) is 5.73 Å². The van der Waals surface area contributed by atoms with Gasteiger partial charge in [-0.1, -0.05) is 0 Å². The number of carbonyl (C=O) groups excluding carboxylic acids is 1. The van der Waals surface area contributed by atoms with Crippen molar-refractivity contribution < 1.29 is 9.18 Å². The fourth-order valence-electron chi connectivity index (χ4n) is 1.27. The summed E-state index contributed by atoms with van der Waals surface area (Å²) in [4.78, 5) is 16.5. The van der Waals surface area contributed by atoms with E-state index >= 15 is 0 Å². The number of nitrogens with zero attached hydrogens (tertiary/aromatic N) is 1. The average molecular weight is 251 g/mol. The van der Waals surface area contributed by atoms with Gasteiger partial charge in [-0.25, -0.2) is 4.39 Å². The van der Waals surface area contributed by atoms with Gasteiger partial charge in [-0.3, -0.25) is 9.78 Å². The Morgan fingerprint density at radius 1 is 1.53 bits per heavy atom. The third kappa shape index (κ3) is 2.79. The minimum atomic E-state index is -0.588. The van der Waals surface area contributed by atoms with Crippen molar-refractivity contribution in [2.45, 2.75) is 6.54 Å². The highest BCUT2D eigenvalue weighted by Gasteiger charge is 2.08. The van der Waals surface area contributed by atoms with E-state index in [2.05, 4.69) is 10.3 Å². The van der Waals surface area contributed by atoms with E-state index in [4.69, 9.17) is 5.73 Å². The van der Waals surface area contributed by atoms with Crippen LogP contribution >= 0.6 is 11.3 Å². The summed E-state index contributed by atoms with van der Waals surface area (Å²) in [5.74, 6) is -0.923. The molecule has 1 aromatic carbocycles. The zero-order chi connectivity index (χ0) is 12.3. The normalized spacial score (nSPS) is 10.2. The Morgan fingerprint density at radius 3 is 3.00 bits per heavy atom. The second-order valence-electron chi connectivity index (χ2n) is 3.39. The molecule has 0 aliphatic carbocycles. The van der Waals surface area contributed by atoms with E-state index in [0.29, 0.717) is 6.54 Å². The zero-order valence-corrected chi connectivity index (χ0v) is 9.63. The van der Waals surface area contributed by atoms with Crippen molar-refractivity contribution in [1.82, 2.24) is 10.3 Å². The number of nitrogen functional groups attached to an aromatic ring is 1. The molecule has 0 atom stereocenters. The van der Waals surface area contributed by atoms with Gasteiger partial charge >= 0.3 is 0 Å².